The fraction of sp³-hybridized carbons (Fsp3) is 0.211. The predicted octanol–water partition coefficient (Wildman–Crippen LogP) is 4.15. The van der Waals surface area contributed by atoms with Crippen molar-refractivity contribution in [3.63, 3.8) is 0 Å². The van der Waals surface area contributed by atoms with Gasteiger partial charge < -0.3 is 9.88 Å². The first kappa shape index (κ1) is 14.4. The maximum absolute atomic E-state index is 12.3. The second-order valence-electron chi connectivity index (χ2n) is 5.56. The Morgan fingerprint density at radius 1 is 1.14 bits per heavy atom. The molecule has 1 heterocycles. The summed E-state index contributed by atoms with van der Waals surface area (Å²) >= 11 is 0. The van der Waals surface area contributed by atoms with Crippen molar-refractivity contribution in [2.24, 2.45) is 0 Å². The van der Waals surface area contributed by atoms with E-state index in [4.69, 9.17) is 0 Å². The number of aryl methyl sites for hydroxylation is 2. The van der Waals surface area contributed by atoms with E-state index in [-0.39, 0.29) is 5.91 Å². The van der Waals surface area contributed by atoms with Crippen molar-refractivity contribution in [3.8, 4) is 0 Å². The van der Waals surface area contributed by atoms with Crippen molar-refractivity contribution in [1.29, 1.82) is 0 Å². The maximum atomic E-state index is 12.3. The Morgan fingerprint density at radius 3 is 2.77 bits per heavy atom. The van der Waals surface area contributed by atoms with Crippen LogP contribution in [0.4, 0.5) is 5.69 Å². The van der Waals surface area contributed by atoms with Crippen molar-refractivity contribution < 1.29 is 4.79 Å². The van der Waals surface area contributed by atoms with Gasteiger partial charge in [-0.25, -0.2) is 0 Å². The first-order valence-electron chi connectivity index (χ1n) is 7.60. The molecule has 0 spiro atoms. The molecule has 3 heteroatoms. The van der Waals surface area contributed by atoms with Gasteiger partial charge in [-0.3, -0.25) is 4.79 Å². The highest BCUT2D eigenvalue weighted by Crippen LogP contribution is 2.18. The van der Waals surface area contributed by atoms with E-state index in [1.54, 1.807) is 0 Å². The fourth-order valence-electron chi connectivity index (χ4n) is 2.75. The minimum atomic E-state index is -0.000949. The minimum absolute atomic E-state index is 0.000949. The van der Waals surface area contributed by atoms with Crippen molar-refractivity contribution in [1.82, 2.24) is 4.57 Å². The Morgan fingerprint density at radius 2 is 1.95 bits per heavy atom. The van der Waals surface area contributed by atoms with Crippen LogP contribution in [0.1, 0.15) is 18.1 Å². The summed E-state index contributed by atoms with van der Waals surface area (Å²) in [5.41, 5.74) is 4.38. The number of amides is 1. The predicted molar refractivity (Wildman–Crippen MR) is 91.1 cm³/mol. The third kappa shape index (κ3) is 2.89. The summed E-state index contributed by atoms with van der Waals surface area (Å²) in [4.78, 5) is 12.3. The highest BCUT2D eigenvalue weighted by atomic mass is 16.1. The first-order valence-corrected chi connectivity index (χ1v) is 7.60. The number of rotatable bonds is 4. The molecule has 1 amide bonds. The largest absolute Gasteiger partial charge is 0.338 e. The van der Waals surface area contributed by atoms with Crippen LogP contribution in [0.25, 0.3) is 10.9 Å². The molecule has 2 aromatic carbocycles. The molecule has 0 saturated carbocycles. The van der Waals surface area contributed by atoms with Crippen LogP contribution in [-0.4, -0.2) is 10.5 Å². The van der Waals surface area contributed by atoms with Gasteiger partial charge in [0.1, 0.15) is 6.54 Å². The number of aromatic nitrogens is 1. The van der Waals surface area contributed by atoms with Gasteiger partial charge >= 0.3 is 0 Å². The Hall–Kier alpha value is -2.55. The van der Waals surface area contributed by atoms with Gasteiger partial charge in [0.25, 0.3) is 0 Å². The number of nitrogens with zero attached hydrogens (tertiary/aromatic N) is 1. The summed E-state index contributed by atoms with van der Waals surface area (Å²) in [6, 6.07) is 16.3. The van der Waals surface area contributed by atoms with E-state index in [0.29, 0.717) is 6.54 Å². The second-order valence-corrected chi connectivity index (χ2v) is 5.56. The molecule has 0 atom stereocenters. The van der Waals surface area contributed by atoms with E-state index in [0.717, 1.165) is 23.2 Å². The summed E-state index contributed by atoms with van der Waals surface area (Å²) in [6.45, 7) is 4.49. The third-order valence-electron chi connectivity index (χ3n) is 3.91. The van der Waals surface area contributed by atoms with E-state index >= 15 is 0 Å². The van der Waals surface area contributed by atoms with Gasteiger partial charge in [-0.1, -0.05) is 36.8 Å². The van der Waals surface area contributed by atoms with Gasteiger partial charge in [0.15, 0.2) is 0 Å². The van der Waals surface area contributed by atoms with E-state index in [1.165, 1.54) is 10.9 Å². The van der Waals surface area contributed by atoms with Crippen LogP contribution in [0.15, 0.2) is 54.7 Å². The van der Waals surface area contributed by atoms with Crippen molar-refractivity contribution >= 4 is 22.5 Å². The van der Waals surface area contributed by atoms with Gasteiger partial charge in [-0.15, -0.1) is 0 Å². The van der Waals surface area contributed by atoms with Gasteiger partial charge in [0.05, 0.1) is 0 Å². The Kier molecular flexibility index (Phi) is 3.96. The van der Waals surface area contributed by atoms with Crippen molar-refractivity contribution in [2.75, 3.05) is 5.32 Å². The summed E-state index contributed by atoms with van der Waals surface area (Å²) in [6.07, 6.45) is 2.87. The zero-order chi connectivity index (χ0) is 15.5. The summed E-state index contributed by atoms with van der Waals surface area (Å²) in [5.74, 6) is -0.000949. The molecule has 1 N–H and O–H groups in total. The molecule has 0 bridgehead atoms. The number of para-hydroxylation sites is 1. The van der Waals surface area contributed by atoms with E-state index in [1.807, 2.05) is 35.0 Å². The van der Waals surface area contributed by atoms with Crippen molar-refractivity contribution in [3.05, 3.63) is 65.9 Å². The lowest BCUT2D eigenvalue weighted by atomic mass is 10.1. The number of carbonyl (C=O) groups excluding carboxylic acids is 1. The van der Waals surface area contributed by atoms with E-state index < -0.39 is 0 Å². The van der Waals surface area contributed by atoms with Crippen LogP contribution < -0.4 is 5.32 Å². The molecule has 0 fully saturated rings. The smallest absolute Gasteiger partial charge is 0.244 e. The monoisotopic (exact) mass is 292 g/mol. The lowest BCUT2D eigenvalue weighted by molar-refractivity contribution is -0.116. The molecule has 3 rings (SSSR count). The van der Waals surface area contributed by atoms with E-state index in [2.05, 4.69) is 43.4 Å². The first-order chi connectivity index (χ1) is 10.7. The van der Waals surface area contributed by atoms with Crippen LogP contribution in [0.3, 0.4) is 0 Å². The average molecular weight is 292 g/mol. The molecule has 0 radical (unpaired) electrons. The number of nitrogens with one attached hydrogen (secondary N) is 1. The molecular formula is C19H20N2O. The number of benzene rings is 2. The SMILES string of the molecule is CCc1ccccc1NC(=O)Cn1ccc2cc(C)ccc21. The highest BCUT2D eigenvalue weighted by molar-refractivity contribution is 5.92. The average Bonchev–Trinajstić information content (AvgIpc) is 2.89. The van der Waals surface area contributed by atoms with Crippen LogP contribution >= 0.6 is 0 Å². The summed E-state index contributed by atoms with van der Waals surface area (Å²) in [7, 11) is 0. The normalized spacial score (nSPS) is 10.8. The molecular weight excluding hydrogens is 272 g/mol. The Bertz CT molecular complexity index is 817. The Labute approximate surface area is 130 Å². The summed E-state index contributed by atoms with van der Waals surface area (Å²) in [5, 5.41) is 4.18. The lowest BCUT2D eigenvalue weighted by Crippen LogP contribution is -2.19. The van der Waals surface area contributed by atoms with Crippen LogP contribution in [-0.2, 0) is 17.8 Å². The standard InChI is InChI=1S/C19H20N2O/c1-3-15-6-4-5-7-17(15)20-19(22)13-21-11-10-16-12-14(2)8-9-18(16)21/h4-12H,3,13H2,1-2H3,(H,20,22). The van der Waals surface area contributed by atoms with Gasteiger partial charge in [-0.05, 0) is 48.6 Å². The number of hydrogen-bond acceptors (Lipinski definition) is 1. The minimum Gasteiger partial charge on any atom is -0.338 e. The number of carbonyl (C=O) groups is 1. The highest BCUT2D eigenvalue weighted by Gasteiger charge is 2.08. The molecule has 0 unspecified atom stereocenters. The van der Waals surface area contributed by atoms with Gasteiger partial charge in [-0.2, -0.15) is 0 Å². The zero-order valence-electron chi connectivity index (χ0n) is 13.0. The summed E-state index contributed by atoms with van der Waals surface area (Å²) < 4.78 is 1.98. The maximum Gasteiger partial charge on any atom is 0.244 e. The quantitative estimate of drug-likeness (QED) is 0.770. The molecule has 0 saturated heterocycles. The fourth-order valence-corrected chi connectivity index (χ4v) is 2.75. The molecule has 0 aliphatic heterocycles. The molecule has 22 heavy (non-hydrogen) atoms. The van der Waals surface area contributed by atoms with Gasteiger partial charge in [0.2, 0.25) is 5.91 Å². The number of anilines is 1. The molecule has 3 aromatic rings. The number of fused-ring (bicyclic) bond motifs is 1. The molecule has 3 nitrogen and oxygen atoms in total. The third-order valence-corrected chi connectivity index (χ3v) is 3.91. The second kappa shape index (κ2) is 6.06. The Balaban J connectivity index is 1.78. The van der Waals surface area contributed by atoms with Gasteiger partial charge in [0, 0.05) is 17.4 Å². The lowest BCUT2D eigenvalue weighted by Gasteiger charge is -2.11. The van der Waals surface area contributed by atoms with Crippen molar-refractivity contribution in [2.45, 2.75) is 26.8 Å². The molecule has 1 aromatic heterocycles. The zero-order valence-corrected chi connectivity index (χ0v) is 13.0. The van der Waals surface area contributed by atoms with Crippen LogP contribution in [0.5, 0.6) is 0 Å². The molecule has 112 valence electrons. The molecule has 0 aliphatic rings. The van der Waals surface area contributed by atoms with Crippen LogP contribution in [0.2, 0.25) is 0 Å². The van der Waals surface area contributed by atoms with Crippen LogP contribution in [0, 0.1) is 6.92 Å². The molecule has 0 aliphatic carbocycles. The van der Waals surface area contributed by atoms with E-state index in [9.17, 15) is 4.79 Å². The number of hydrogen-bond donors (Lipinski definition) is 1. The topological polar surface area (TPSA) is 34.0 Å².